The van der Waals surface area contributed by atoms with E-state index in [-0.39, 0.29) is 5.75 Å². The van der Waals surface area contributed by atoms with Gasteiger partial charge in [-0.25, -0.2) is 4.79 Å². The average molecular weight is 338 g/mol. The fraction of sp³-hybridized carbons (Fsp3) is 0.0833. The minimum absolute atomic E-state index is 0.0832. The molecule has 22 heavy (non-hydrogen) atoms. The van der Waals surface area contributed by atoms with Crippen molar-refractivity contribution in [2.24, 2.45) is 0 Å². The molecule has 2 rings (SSSR count). The first kappa shape index (κ1) is 17.7. The molecule has 0 aliphatic rings. The van der Waals surface area contributed by atoms with Gasteiger partial charge in [0.25, 0.3) is 0 Å². The van der Waals surface area contributed by atoms with Gasteiger partial charge < -0.3 is 9.52 Å². The maximum atomic E-state index is 11.0. The largest absolute Gasteiger partial charge is 0.522 e. The van der Waals surface area contributed by atoms with Crippen LogP contribution in [0.3, 0.4) is 0 Å². The van der Waals surface area contributed by atoms with Gasteiger partial charge in [0.2, 0.25) is 0 Å². The van der Waals surface area contributed by atoms with E-state index in [0.717, 1.165) is 11.6 Å². The summed E-state index contributed by atoms with van der Waals surface area (Å²) in [4.78, 5) is 11.0. The highest BCUT2D eigenvalue weighted by Gasteiger charge is 2.44. The van der Waals surface area contributed by atoms with Crippen LogP contribution < -0.4 is 5.63 Å². The second kappa shape index (κ2) is 6.62. The topological polar surface area (TPSA) is 105 Å². The first-order valence-electron chi connectivity index (χ1n) is 5.44. The minimum Gasteiger partial charge on any atom is -0.508 e. The summed E-state index contributed by atoms with van der Waals surface area (Å²) in [6.07, 6.45) is 0. The van der Waals surface area contributed by atoms with Gasteiger partial charge in [-0.1, -0.05) is 30.3 Å². The Hall–Kier alpha value is -2.33. The third-order valence-electron chi connectivity index (χ3n) is 2.11. The second-order valence-electron chi connectivity index (χ2n) is 3.79. The Morgan fingerprint density at radius 1 is 1.05 bits per heavy atom. The summed E-state index contributed by atoms with van der Waals surface area (Å²) in [6.45, 7) is 0. The molecule has 6 nitrogen and oxygen atoms in total. The molecular weight excluding hydrogens is 329 g/mol. The molecule has 0 aliphatic heterocycles. The zero-order valence-electron chi connectivity index (χ0n) is 10.6. The Morgan fingerprint density at radius 2 is 1.55 bits per heavy atom. The van der Waals surface area contributed by atoms with E-state index in [9.17, 15) is 23.1 Å². The van der Waals surface area contributed by atoms with E-state index < -0.39 is 21.3 Å². The first-order chi connectivity index (χ1) is 10.0. The number of hydrogen-bond donors (Lipinski definition) is 2. The molecule has 0 bridgehead atoms. The van der Waals surface area contributed by atoms with Crippen LogP contribution in [0.15, 0.2) is 51.7 Å². The third-order valence-corrected chi connectivity index (χ3v) is 2.69. The van der Waals surface area contributed by atoms with Gasteiger partial charge in [0.1, 0.15) is 11.5 Å². The van der Waals surface area contributed by atoms with Gasteiger partial charge >= 0.3 is 21.3 Å². The highest BCUT2D eigenvalue weighted by Crippen LogP contribution is 2.21. The van der Waals surface area contributed by atoms with Gasteiger partial charge in [-0.3, -0.25) is 4.55 Å². The summed E-state index contributed by atoms with van der Waals surface area (Å²) in [7, 11) is -5.84. The second-order valence-corrected chi connectivity index (χ2v) is 5.20. The molecule has 0 radical (unpaired) electrons. The highest BCUT2D eigenvalue weighted by atomic mass is 32.2. The van der Waals surface area contributed by atoms with Crippen molar-refractivity contribution >= 4 is 10.1 Å². The standard InChI is InChI=1S/C11H8O3.CHF3O3S/c12-9-6-10(14-11(13)7-9)8-4-2-1-3-5-8;2-1(3,4)8(5,6)7/h1-7,12H;(H,5,6,7). The zero-order valence-corrected chi connectivity index (χ0v) is 11.4. The maximum absolute atomic E-state index is 11.0. The smallest absolute Gasteiger partial charge is 0.508 e. The quantitative estimate of drug-likeness (QED) is 0.611. The van der Waals surface area contributed by atoms with Gasteiger partial charge in [-0.15, -0.1) is 0 Å². The number of aromatic hydroxyl groups is 1. The summed E-state index contributed by atoms with van der Waals surface area (Å²) >= 11 is 0. The molecule has 120 valence electrons. The van der Waals surface area contributed by atoms with Crippen LogP contribution in [0.1, 0.15) is 0 Å². The van der Waals surface area contributed by atoms with E-state index in [1.165, 1.54) is 6.07 Å². The van der Waals surface area contributed by atoms with Crippen LogP contribution >= 0.6 is 0 Å². The molecule has 0 atom stereocenters. The lowest BCUT2D eigenvalue weighted by Gasteiger charge is -1.99. The van der Waals surface area contributed by atoms with Crippen LogP contribution in [0.2, 0.25) is 0 Å². The molecule has 2 N–H and O–H groups in total. The molecule has 0 saturated heterocycles. The maximum Gasteiger partial charge on any atom is 0.522 e. The predicted octanol–water partition coefficient (Wildman–Crippen LogP) is 2.41. The van der Waals surface area contributed by atoms with Crippen molar-refractivity contribution in [3.8, 4) is 17.1 Å². The van der Waals surface area contributed by atoms with E-state index in [2.05, 4.69) is 0 Å². The normalized spacial score (nSPS) is 11.5. The molecule has 0 spiro atoms. The van der Waals surface area contributed by atoms with E-state index in [1.807, 2.05) is 18.2 Å². The van der Waals surface area contributed by atoms with Gasteiger partial charge in [-0.2, -0.15) is 21.6 Å². The molecular formula is C12H9F3O6S. The Kier molecular flexibility index (Phi) is 5.33. The van der Waals surface area contributed by atoms with Gasteiger partial charge in [0, 0.05) is 11.6 Å². The third kappa shape index (κ3) is 5.22. The molecule has 1 aromatic carbocycles. The monoisotopic (exact) mass is 338 g/mol. The van der Waals surface area contributed by atoms with Crippen LogP contribution in [0.25, 0.3) is 11.3 Å². The summed E-state index contributed by atoms with van der Waals surface area (Å²) in [5.41, 5.74) is -5.32. The first-order valence-corrected chi connectivity index (χ1v) is 6.88. The van der Waals surface area contributed by atoms with Crippen molar-refractivity contribution in [2.75, 3.05) is 0 Å². The molecule has 2 aromatic rings. The molecule has 0 fully saturated rings. The van der Waals surface area contributed by atoms with Crippen molar-refractivity contribution < 1.29 is 35.7 Å². The molecule has 0 saturated carbocycles. The summed E-state index contributed by atoms with van der Waals surface area (Å²) < 4.78 is 62.5. The van der Waals surface area contributed by atoms with Crippen molar-refractivity contribution in [3.63, 3.8) is 0 Å². The van der Waals surface area contributed by atoms with Crippen LogP contribution in [0.4, 0.5) is 13.2 Å². The fourth-order valence-corrected chi connectivity index (χ4v) is 1.21. The molecule has 0 unspecified atom stereocenters. The molecule has 0 amide bonds. The number of halogens is 3. The van der Waals surface area contributed by atoms with E-state index in [4.69, 9.17) is 17.4 Å². The van der Waals surface area contributed by atoms with Gasteiger partial charge in [0.05, 0.1) is 6.07 Å². The predicted molar refractivity (Wildman–Crippen MR) is 69.7 cm³/mol. The van der Waals surface area contributed by atoms with Crippen molar-refractivity contribution in [1.29, 1.82) is 0 Å². The van der Waals surface area contributed by atoms with E-state index >= 15 is 0 Å². The van der Waals surface area contributed by atoms with Crippen LogP contribution in [-0.2, 0) is 10.1 Å². The van der Waals surface area contributed by atoms with Crippen LogP contribution in [-0.4, -0.2) is 23.6 Å². The lowest BCUT2D eigenvalue weighted by atomic mass is 10.1. The summed E-state index contributed by atoms with van der Waals surface area (Å²) in [5.74, 6) is 0.288. The number of alkyl halides is 3. The Morgan fingerprint density at radius 3 is 1.95 bits per heavy atom. The van der Waals surface area contributed by atoms with E-state index in [0.29, 0.717) is 5.76 Å². The molecule has 1 heterocycles. The SMILES string of the molecule is O=S(=O)(O)C(F)(F)F.O=c1cc(O)cc(-c2ccccc2)o1. The summed E-state index contributed by atoms with van der Waals surface area (Å²) in [6, 6.07) is 11.6. The Balaban J connectivity index is 0.000000261. The molecule has 0 aliphatic carbocycles. The minimum atomic E-state index is -5.84. The Bertz CT molecular complexity index is 780. The van der Waals surface area contributed by atoms with Crippen molar-refractivity contribution in [2.45, 2.75) is 5.51 Å². The van der Waals surface area contributed by atoms with Crippen LogP contribution in [0, 0.1) is 0 Å². The van der Waals surface area contributed by atoms with Gasteiger partial charge in [0.15, 0.2) is 0 Å². The van der Waals surface area contributed by atoms with Crippen molar-refractivity contribution in [3.05, 3.63) is 52.9 Å². The number of benzene rings is 1. The van der Waals surface area contributed by atoms with E-state index in [1.54, 1.807) is 12.1 Å². The highest BCUT2D eigenvalue weighted by molar-refractivity contribution is 7.86. The average Bonchev–Trinajstić information content (AvgIpc) is 2.37. The molecule has 10 heteroatoms. The lowest BCUT2D eigenvalue weighted by molar-refractivity contribution is -0.0510. The summed E-state index contributed by atoms with van der Waals surface area (Å²) in [5, 5.41) is 9.20. The fourth-order valence-electron chi connectivity index (χ4n) is 1.21. The lowest BCUT2D eigenvalue weighted by Crippen LogP contribution is -2.21. The van der Waals surface area contributed by atoms with Crippen molar-refractivity contribution in [1.82, 2.24) is 0 Å². The Labute approximate surface area is 122 Å². The zero-order chi connectivity index (χ0) is 17.0. The molecule has 1 aromatic heterocycles. The van der Waals surface area contributed by atoms with Gasteiger partial charge in [-0.05, 0) is 0 Å². The van der Waals surface area contributed by atoms with Crippen LogP contribution in [0.5, 0.6) is 5.75 Å². The number of rotatable bonds is 1. The number of hydrogen-bond acceptors (Lipinski definition) is 5.